The highest BCUT2D eigenvalue weighted by Gasteiger charge is 2.26. The molecule has 0 aromatic heterocycles. The molecule has 68 valence electrons. The van der Waals surface area contributed by atoms with Crippen molar-refractivity contribution in [3.8, 4) is 0 Å². The van der Waals surface area contributed by atoms with Gasteiger partial charge in [0, 0.05) is 18.9 Å². The van der Waals surface area contributed by atoms with Gasteiger partial charge < -0.3 is 4.74 Å². The van der Waals surface area contributed by atoms with Gasteiger partial charge in [0.2, 0.25) is 0 Å². The summed E-state index contributed by atoms with van der Waals surface area (Å²) in [6, 6.07) is 0. The summed E-state index contributed by atoms with van der Waals surface area (Å²) in [5, 5.41) is 0. The zero-order valence-electron chi connectivity index (χ0n) is 7.39. The van der Waals surface area contributed by atoms with Crippen molar-refractivity contribution in [2.75, 3.05) is 0 Å². The summed E-state index contributed by atoms with van der Waals surface area (Å²) in [4.78, 5) is 10.8. The Bertz CT molecular complexity index is 207. The molecule has 0 fully saturated rings. The van der Waals surface area contributed by atoms with Crippen LogP contribution >= 0.6 is 0 Å². The molecule has 1 atom stereocenters. The molecule has 0 rings (SSSR count). The van der Waals surface area contributed by atoms with E-state index in [4.69, 9.17) is 0 Å². The minimum absolute atomic E-state index is 0.0218. The van der Waals surface area contributed by atoms with Crippen LogP contribution in [0.3, 0.4) is 0 Å². The quantitative estimate of drug-likeness (QED) is 0.369. The molecule has 0 aliphatic carbocycles. The van der Waals surface area contributed by atoms with Crippen LogP contribution in [0, 0.1) is 0 Å². The van der Waals surface area contributed by atoms with Gasteiger partial charge in [0.05, 0.1) is 0 Å². The Morgan fingerprint density at radius 3 is 2.58 bits per heavy atom. The normalized spacial score (nSPS) is 14.6. The van der Waals surface area contributed by atoms with Crippen LogP contribution in [0.2, 0.25) is 0 Å². The standard InChI is InChI=1S/C9H13FO2/c1-5-6-9(4,10)12-8(11)7(2)3/h5H,1-2,6H2,3-4H3. The summed E-state index contributed by atoms with van der Waals surface area (Å²) in [5.74, 6) is -2.69. The summed E-state index contributed by atoms with van der Waals surface area (Å²) in [5.41, 5.74) is 0.183. The van der Waals surface area contributed by atoms with E-state index >= 15 is 0 Å². The second kappa shape index (κ2) is 4.04. The molecule has 3 heteroatoms. The maximum atomic E-state index is 13.1. The zero-order valence-corrected chi connectivity index (χ0v) is 7.39. The molecule has 0 heterocycles. The molecule has 2 nitrogen and oxygen atoms in total. The van der Waals surface area contributed by atoms with Crippen molar-refractivity contribution in [3.63, 3.8) is 0 Å². The minimum Gasteiger partial charge on any atom is -0.425 e. The summed E-state index contributed by atoms with van der Waals surface area (Å²) in [6.07, 6.45) is 1.33. The van der Waals surface area contributed by atoms with Gasteiger partial charge in [-0.05, 0) is 6.92 Å². The average molecular weight is 172 g/mol. The molecule has 0 N–H and O–H groups in total. The number of carbonyl (C=O) groups is 1. The molecule has 0 radical (unpaired) electrons. The van der Waals surface area contributed by atoms with Gasteiger partial charge in [0.1, 0.15) is 0 Å². The largest absolute Gasteiger partial charge is 0.425 e. The molecule has 1 unspecified atom stereocenters. The fourth-order valence-corrected chi connectivity index (χ4v) is 0.580. The number of carbonyl (C=O) groups excluding carboxylic acids is 1. The Balaban J connectivity index is 4.14. The Kier molecular flexibility index (Phi) is 3.67. The Labute approximate surface area is 71.7 Å². The van der Waals surface area contributed by atoms with Crippen LogP contribution in [0.15, 0.2) is 24.8 Å². The lowest BCUT2D eigenvalue weighted by molar-refractivity contribution is -0.172. The summed E-state index contributed by atoms with van der Waals surface area (Å²) < 4.78 is 17.6. The van der Waals surface area contributed by atoms with Crippen molar-refractivity contribution in [1.82, 2.24) is 0 Å². The zero-order chi connectivity index (χ0) is 9.78. The lowest BCUT2D eigenvalue weighted by atomic mass is 10.2. The maximum Gasteiger partial charge on any atom is 0.335 e. The van der Waals surface area contributed by atoms with E-state index in [1.165, 1.54) is 19.9 Å². The molecule has 12 heavy (non-hydrogen) atoms. The Morgan fingerprint density at radius 2 is 2.25 bits per heavy atom. The van der Waals surface area contributed by atoms with Crippen LogP contribution in [0.25, 0.3) is 0 Å². The second-order valence-electron chi connectivity index (χ2n) is 2.76. The predicted octanol–water partition coefficient (Wildman–Crippen LogP) is 2.37. The van der Waals surface area contributed by atoms with Gasteiger partial charge in [-0.15, -0.1) is 6.58 Å². The monoisotopic (exact) mass is 172 g/mol. The second-order valence-corrected chi connectivity index (χ2v) is 2.76. The number of alkyl halides is 1. The lowest BCUT2D eigenvalue weighted by Crippen LogP contribution is -2.25. The van der Waals surface area contributed by atoms with Gasteiger partial charge in [-0.3, -0.25) is 0 Å². The first-order chi connectivity index (χ1) is 5.39. The van der Waals surface area contributed by atoms with Crippen LogP contribution in [-0.2, 0) is 9.53 Å². The fraction of sp³-hybridized carbons (Fsp3) is 0.444. The van der Waals surface area contributed by atoms with E-state index in [2.05, 4.69) is 17.9 Å². The maximum absolute atomic E-state index is 13.1. The lowest BCUT2D eigenvalue weighted by Gasteiger charge is -2.18. The topological polar surface area (TPSA) is 26.3 Å². The third-order valence-corrected chi connectivity index (χ3v) is 1.16. The molecule has 0 saturated carbocycles. The van der Waals surface area contributed by atoms with Crippen molar-refractivity contribution < 1.29 is 13.9 Å². The molecule has 0 aromatic rings. The number of hydrogen-bond donors (Lipinski definition) is 0. The summed E-state index contributed by atoms with van der Waals surface area (Å²) >= 11 is 0. The Morgan fingerprint density at radius 1 is 1.75 bits per heavy atom. The van der Waals surface area contributed by atoms with Gasteiger partial charge in [0.25, 0.3) is 5.85 Å². The number of halogens is 1. The third kappa shape index (κ3) is 3.91. The van der Waals surface area contributed by atoms with E-state index in [1.54, 1.807) is 0 Å². The SMILES string of the molecule is C=CCC(C)(F)OC(=O)C(=C)C. The first-order valence-electron chi connectivity index (χ1n) is 3.57. The van der Waals surface area contributed by atoms with Gasteiger partial charge in [-0.2, -0.15) is 4.39 Å². The van der Waals surface area contributed by atoms with Gasteiger partial charge >= 0.3 is 5.97 Å². The smallest absolute Gasteiger partial charge is 0.335 e. The van der Waals surface area contributed by atoms with E-state index in [-0.39, 0.29) is 12.0 Å². The molecule has 0 amide bonds. The highest BCUT2D eigenvalue weighted by atomic mass is 19.2. The predicted molar refractivity (Wildman–Crippen MR) is 45.2 cm³/mol. The first kappa shape index (κ1) is 10.9. The van der Waals surface area contributed by atoms with Crippen molar-refractivity contribution >= 4 is 5.97 Å². The summed E-state index contributed by atoms with van der Waals surface area (Å²) in [7, 11) is 0. The average Bonchev–Trinajstić information content (AvgIpc) is 1.85. The van der Waals surface area contributed by atoms with Crippen LogP contribution in [-0.4, -0.2) is 11.8 Å². The van der Waals surface area contributed by atoms with Gasteiger partial charge in [-0.25, -0.2) is 4.79 Å². The van der Waals surface area contributed by atoms with E-state index in [9.17, 15) is 9.18 Å². The van der Waals surface area contributed by atoms with Gasteiger partial charge in [-0.1, -0.05) is 12.7 Å². The highest BCUT2D eigenvalue weighted by molar-refractivity contribution is 5.87. The highest BCUT2D eigenvalue weighted by Crippen LogP contribution is 2.18. The van der Waals surface area contributed by atoms with Crippen LogP contribution in [0.4, 0.5) is 4.39 Å². The number of hydrogen-bond acceptors (Lipinski definition) is 2. The molecule has 0 spiro atoms. The summed E-state index contributed by atoms with van der Waals surface area (Å²) in [6.45, 7) is 9.32. The van der Waals surface area contributed by atoms with E-state index < -0.39 is 11.8 Å². The minimum atomic E-state index is -1.97. The molecule has 0 saturated heterocycles. The molecular formula is C9H13FO2. The van der Waals surface area contributed by atoms with Crippen molar-refractivity contribution in [2.45, 2.75) is 26.1 Å². The molecule has 0 aliphatic heterocycles. The molecule has 0 aromatic carbocycles. The third-order valence-electron chi connectivity index (χ3n) is 1.16. The van der Waals surface area contributed by atoms with E-state index in [1.807, 2.05) is 0 Å². The number of esters is 1. The van der Waals surface area contributed by atoms with Crippen LogP contribution < -0.4 is 0 Å². The van der Waals surface area contributed by atoms with Crippen molar-refractivity contribution in [1.29, 1.82) is 0 Å². The van der Waals surface area contributed by atoms with Crippen molar-refractivity contribution in [3.05, 3.63) is 24.8 Å². The van der Waals surface area contributed by atoms with Crippen molar-refractivity contribution in [2.24, 2.45) is 0 Å². The molecular weight excluding hydrogens is 159 g/mol. The Hall–Kier alpha value is -1.12. The number of ether oxygens (including phenoxy) is 1. The van der Waals surface area contributed by atoms with Crippen LogP contribution in [0.1, 0.15) is 20.3 Å². The first-order valence-corrected chi connectivity index (χ1v) is 3.57. The van der Waals surface area contributed by atoms with E-state index in [0.717, 1.165) is 0 Å². The molecule has 0 bridgehead atoms. The van der Waals surface area contributed by atoms with Crippen LogP contribution in [0.5, 0.6) is 0 Å². The number of rotatable bonds is 4. The van der Waals surface area contributed by atoms with Gasteiger partial charge in [0.15, 0.2) is 0 Å². The fourth-order valence-electron chi connectivity index (χ4n) is 0.580. The molecule has 0 aliphatic rings. The van der Waals surface area contributed by atoms with E-state index in [0.29, 0.717) is 0 Å².